The van der Waals surface area contributed by atoms with Crippen molar-refractivity contribution in [3.63, 3.8) is 0 Å². The molecule has 1 aromatic heterocycles. The summed E-state index contributed by atoms with van der Waals surface area (Å²) in [6, 6.07) is 1.03. The molecule has 3 atom stereocenters. The van der Waals surface area contributed by atoms with E-state index < -0.39 is 94.3 Å². The SMILES string of the molecule is Nc1nc(/C(=N/O[C@@H](CC(=O)O)C(=O)O)C(=O)C[C@@H]2C(=O)N3C(C(=O)O)=C(C[N+]45CCC(CN6C(=O)c7cc(O)c(O)c(Cl)c7C6=O)(CC4)CC5)CS[C@H]23)cs1. The van der Waals surface area contributed by atoms with E-state index in [1.165, 1.54) is 22.0 Å². The fourth-order valence-electron chi connectivity index (χ4n) is 8.19. The van der Waals surface area contributed by atoms with Crippen molar-refractivity contribution < 1.29 is 68.4 Å². The summed E-state index contributed by atoms with van der Waals surface area (Å²) in [5.41, 5.74) is 4.97. The van der Waals surface area contributed by atoms with Crippen molar-refractivity contribution in [1.82, 2.24) is 14.8 Å². The zero-order valence-electron chi connectivity index (χ0n) is 29.2. The van der Waals surface area contributed by atoms with Crippen LogP contribution in [-0.2, 0) is 28.8 Å². The average Bonchev–Trinajstić information content (AvgIpc) is 3.68. The molecule has 0 unspecified atom stereocenters. The number of nitrogen functional groups attached to an aromatic ring is 1. The van der Waals surface area contributed by atoms with E-state index in [1.807, 2.05) is 0 Å². The van der Waals surface area contributed by atoms with Gasteiger partial charge in [-0.25, -0.2) is 14.6 Å². The third-order valence-electron chi connectivity index (χ3n) is 11.2. The van der Waals surface area contributed by atoms with E-state index in [0.717, 1.165) is 22.3 Å². The van der Waals surface area contributed by atoms with Crippen molar-refractivity contribution in [2.75, 3.05) is 44.2 Å². The molecule has 6 aliphatic heterocycles. The third kappa shape index (κ3) is 6.71. The highest BCUT2D eigenvalue weighted by molar-refractivity contribution is 8.00. The quantitative estimate of drug-likeness (QED) is 0.0393. The number of fused-ring (bicyclic) bond motifs is 5. The number of amides is 3. The predicted octanol–water partition coefficient (Wildman–Crippen LogP) is 1.56. The van der Waals surface area contributed by atoms with E-state index in [1.54, 1.807) is 0 Å². The first-order valence-corrected chi connectivity index (χ1v) is 19.5. The number of thiazole rings is 1. The standard InChI is InChI=1S/C34H33ClN6O13S2/c35-23-22-15(7-19(43)26(23)46)27(47)39(29(22)49)13-34-1-4-41(5-2-34,6-3-34)10-14-11-55-30-16(28(48)40(30)25(14)32(52)53)8-18(42)24(17-12-56-33(36)37-17)38-54-20(31(50)51)9-21(44)45/h7,12,16,20,30H,1-6,8-11,13H2,(H6-,36,37,38,42,43,44,45,46,47,49,50,51,52,53)/p+1/t16-,20+,30-,34?,41?/m1/s1. The van der Waals surface area contributed by atoms with Gasteiger partial charge in [-0.15, -0.1) is 23.1 Å². The van der Waals surface area contributed by atoms with E-state index >= 15 is 0 Å². The number of carbonyl (C=O) groups is 7. The topological polar surface area (TPSA) is 288 Å². The highest BCUT2D eigenvalue weighted by Gasteiger charge is 2.57. The van der Waals surface area contributed by atoms with Gasteiger partial charge >= 0.3 is 17.9 Å². The second kappa shape index (κ2) is 14.4. The van der Waals surface area contributed by atoms with Gasteiger partial charge in [-0.05, 0) is 6.07 Å². The van der Waals surface area contributed by atoms with Gasteiger partial charge in [-0.1, -0.05) is 16.8 Å². The monoisotopic (exact) mass is 833 g/mol. The van der Waals surface area contributed by atoms with Crippen LogP contribution < -0.4 is 5.73 Å². The molecule has 3 amide bonds. The lowest BCUT2D eigenvalue weighted by Crippen LogP contribution is -2.66. The molecular formula is C34H34ClN6O13S2+. The van der Waals surface area contributed by atoms with Gasteiger partial charge in [0.15, 0.2) is 28.1 Å². The number of carbonyl (C=O) groups excluding carboxylic acids is 4. The Morgan fingerprint density at radius 1 is 1.09 bits per heavy atom. The number of halogens is 1. The largest absolute Gasteiger partial charge is 0.504 e. The summed E-state index contributed by atoms with van der Waals surface area (Å²) in [7, 11) is 0. The number of aliphatic carboxylic acids is 3. The number of imide groups is 1. The van der Waals surface area contributed by atoms with E-state index in [0.29, 0.717) is 55.5 Å². The molecule has 0 spiro atoms. The predicted molar refractivity (Wildman–Crippen MR) is 195 cm³/mol. The zero-order chi connectivity index (χ0) is 40.4. The van der Waals surface area contributed by atoms with Crippen LogP contribution in [0.5, 0.6) is 11.5 Å². The maximum atomic E-state index is 13.6. The van der Waals surface area contributed by atoms with Crippen LogP contribution in [0.1, 0.15) is 58.5 Å². The van der Waals surface area contributed by atoms with Crippen LogP contribution in [0.25, 0.3) is 0 Å². The number of nitrogens with two attached hydrogens (primary N) is 1. The van der Waals surface area contributed by atoms with Gasteiger partial charge in [0, 0.05) is 54.3 Å². The smallest absolute Gasteiger partial charge is 0.352 e. The molecule has 56 heavy (non-hydrogen) atoms. The maximum Gasteiger partial charge on any atom is 0.352 e. The number of ketones is 1. The van der Waals surface area contributed by atoms with Crippen LogP contribution in [0.2, 0.25) is 5.02 Å². The van der Waals surface area contributed by atoms with Gasteiger partial charge in [0.25, 0.3) is 11.8 Å². The fraction of sp³-hybridized carbons (Fsp3) is 0.441. The van der Waals surface area contributed by atoms with Gasteiger partial charge < -0.3 is 40.6 Å². The van der Waals surface area contributed by atoms with Crippen molar-refractivity contribution in [2.45, 2.75) is 43.6 Å². The number of anilines is 1. The van der Waals surface area contributed by atoms with Crippen LogP contribution in [0.3, 0.4) is 0 Å². The molecule has 2 aromatic rings. The number of benzene rings is 1. The summed E-state index contributed by atoms with van der Waals surface area (Å²) < 4.78 is 0.550. The first-order valence-electron chi connectivity index (χ1n) is 17.2. The molecular weight excluding hydrogens is 800 g/mol. The minimum atomic E-state index is -1.92. The van der Waals surface area contributed by atoms with Crippen molar-refractivity contribution in [3.05, 3.63) is 44.6 Å². The first kappa shape index (κ1) is 39.0. The number of quaternary nitrogens is 1. The number of β-lactam (4-membered cyclic amide) rings is 1. The molecule has 2 bridgehead atoms. The molecule has 296 valence electrons. The van der Waals surface area contributed by atoms with Crippen LogP contribution in [0.4, 0.5) is 5.13 Å². The number of phenolic OH excluding ortho intramolecular Hbond substituents is 2. The molecule has 0 aliphatic carbocycles. The summed E-state index contributed by atoms with van der Waals surface area (Å²) in [6.07, 6.45) is -1.43. The van der Waals surface area contributed by atoms with E-state index in [4.69, 9.17) is 27.3 Å². The average molecular weight is 834 g/mol. The normalized spacial score (nSPS) is 26.2. The highest BCUT2D eigenvalue weighted by atomic mass is 35.5. The lowest BCUT2D eigenvalue weighted by Gasteiger charge is -2.56. The molecule has 0 radical (unpaired) electrons. The molecule has 4 saturated heterocycles. The maximum absolute atomic E-state index is 13.6. The summed E-state index contributed by atoms with van der Waals surface area (Å²) in [4.78, 5) is 100. The number of nitrogens with zero attached hydrogens (tertiary/aromatic N) is 5. The molecule has 1 aromatic carbocycles. The van der Waals surface area contributed by atoms with E-state index in [9.17, 15) is 54.0 Å². The summed E-state index contributed by atoms with van der Waals surface area (Å²) >= 11 is 8.39. The van der Waals surface area contributed by atoms with Gasteiger partial charge in [-0.2, -0.15) is 0 Å². The molecule has 6 aliphatic rings. The first-order chi connectivity index (χ1) is 26.4. The highest BCUT2D eigenvalue weighted by Crippen LogP contribution is 2.50. The number of oxime groups is 1. The van der Waals surface area contributed by atoms with Crippen molar-refractivity contribution >= 4 is 87.0 Å². The lowest BCUT2D eigenvalue weighted by molar-refractivity contribution is -0.941. The van der Waals surface area contributed by atoms with Crippen LogP contribution >= 0.6 is 34.7 Å². The number of piperidine rings is 3. The van der Waals surface area contributed by atoms with Crippen molar-refractivity contribution in [2.24, 2.45) is 16.5 Å². The van der Waals surface area contributed by atoms with Crippen molar-refractivity contribution in [1.29, 1.82) is 0 Å². The van der Waals surface area contributed by atoms with Gasteiger partial charge in [0.2, 0.25) is 12.0 Å². The van der Waals surface area contributed by atoms with Gasteiger partial charge in [-0.3, -0.25) is 33.8 Å². The molecule has 0 saturated carbocycles. The Labute approximate surface area is 329 Å². The number of hydrogen-bond acceptors (Lipinski definition) is 15. The summed E-state index contributed by atoms with van der Waals surface area (Å²) in [5, 5.41) is 52.7. The van der Waals surface area contributed by atoms with Crippen molar-refractivity contribution in [3.8, 4) is 11.5 Å². The Hall–Kier alpha value is -5.25. The Balaban J connectivity index is 1.03. The Bertz CT molecular complexity index is 2160. The molecule has 7 N–H and O–H groups in total. The number of phenols is 2. The Kier molecular flexibility index (Phi) is 10.00. The molecule has 8 rings (SSSR count). The Morgan fingerprint density at radius 2 is 1.77 bits per heavy atom. The summed E-state index contributed by atoms with van der Waals surface area (Å²) in [6.45, 7) is 2.36. The van der Waals surface area contributed by atoms with E-state index in [2.05, 4.69) is 10.1 Å². The van der Waals surface area contributed by atoms with E-state index in [-0.39, 0.29) is 45.0 Å². The summed E-state index contributed by atoms with van der Waals surface area (Å²) in [5.74, 6) is -9.00. The number of Topliss-reactive ketones (excluding diaryl/α,β-unsaturated/α-hetero) is 1. The minimum Gasteiger partial charge on any atom is -0.504 e. The minimum absolute atomic E-state index is 0.0507. The fourth-order valence-corrected chi connectivity index (χ4v) is 10.4. The number of aromatic nitrogens is 1. The second-order valence-electron chi connectivity index (χ2n) is 14.5. The van der Waals surface area contributed by atoms with Gasteiger partial charge in [0.1, 0.15) is 17.9 Å². The van der Waals surface area contributed by atoms with Crippen LogP contribution in [-0.4, -0.2) is 142 Å². The zero-order valence-corrected chi connectivity index (χ0v) is 31.6. The lowest BCUT2D eigenvalue weighted by atomic mass is 9.70. The molecule has 19 nitrogen and oxygen atoms in total. The number of carboxylic acids is 3. The van der Waals surface area contributed by atoms with Crippen LogP contribution in [0.15, 0.2) is 27.9 Å². The molecule has 22 heteroatoms. The van der Waals surface area contributed by atoms with Gasteiger partial charge in [0.05, 0.1) is 53.5 Å². The Morgan fingerprint density at radius 3 is 2.36 bits per heavy atom. The second-order valence-corrected chi connectivity index (χ2v) is 16.9. The number of carboxylic acid groups (broad SMARTS) is 3. The number of hydrogen-bond donors (Lipinski definition) is 6. The molecule has 4 fully saturated rings. The number of aromatic hydroxyl groups is 2. The number of rotatable bonds is 14. The third-order valence-corrected chi connectivity index (χ3v) is 13.7. The molecule has 7 heterocycles. The van der Waals surface area contributed by atoms with Crippen LogP contribution in [0, 0.1) is 11.3 Å². The number of thioether (sulfide) groups is 1.